The van der Waals surface area contributed by atoms with Gasteiger partial charge in [-0.25, -0.2) is 0 Å². The van der Waals surface area contributed by atoms with Gasteiger partial charge in [-0.05, 0) is 31.0 Å². The smallest absolute Gasteiger partial charge is 0.0416 e. The number of hydrogen-bond acceptors (Lipinski definition) is 3. The van der Waals surface area contributed by atoms with E-state index in [9.17, 15) is 0 Å². The van der Waals surface area contributed by atoms with E-state index in [1.54, 1.807) is 0 Å². The van der Waals surface area contributed by atoms with E-state index in [-0.39, 0.29) is 0 Å². The Bertz CT molecular complexity index is 364. The van der Waals surface area contributed by atoms with Crippen LogP contribution in [0.2, 0.25) is 0 Å². The molecule has 1 N–H and O–H groups in total. The van der Waals surface area contributed by atoms with Gasteiger partial charge in [0.25, 0.3) is 0 Å². The molecule has 0 aliphatic rings. The topological polar surface area (TPSA) is 28.2 Å². The van der Waals surface area contributed by atoms with Crippen molar-refractivity contribution in [1.82, 2.24) is 15.2 Å². The van der Waals surface area contributed by atoms with Crippen LogP contribution in [0.25, 0.3) is 0 Å². The van der Waals surface area contributed by atoms with E-state index >= 15 is 0 Å². The average Bonchev–Trinajstić information content (AvgIpc) is 2.44. The molecule has 0 bridgehead atoms. The molecule has 0 aliphatic heterocycles. The fraction of sp³-hybridized carbons (Fsp3) is 0.706. The molecule has 0 radical (unpaired) electrons. The first-order valence-corrected chi connectivity index (χ1v) is 7.77. The second-order valence-electron chi connectivity index (χ2n) is 6.51. The first-order chi connectivity index (χ1) is 9.45. The molecule has 1 aromatic rings. The molecule has 1 unspecified atom stereocenters. The highest BCUT2D eigenvalue weighted by atomic mass is 15.1. The Hall–Kier alpha value is -0.930. The third-order valence-corrected chi connectivity index (χ3v) is 3.92. The summed E-state index contributed by atoms with van der Waals surface area (Å²) in [6.45, 7) is 12.3. The maximum atomic E-state index is 4.39. The van der Waals surface area contributed by atoms with Crippen molar-refractivity contribution < 1.29 is 0 Å². The summed E-state index contributed by atoms with van der Waals surface area (Å²) >= 11 is 0. The summed E-state index contributed by atoms with van der Waals surface area (Å²) < 4.78 is 0. The number of nitrogens with one attached hydrogen (secondary N) is 1. The second kappa shape index (κ2) is 8.38. The minimum absolute atomic E-state index is 0.336. The number of pyridine rings is 1. The van der Waals surface area contributed by atoms with Gasteiger partial charge in [-0.15, -0.1) is 0 Å². The highest BCUT2D eigenvalue weighted by Crippen LogP contribution is 2.21. The van der Waals surface area contributed by atoms with E-state index < -0.39 is 0 Å². The molecule has 0 aromatic carbocycles. The number of nitrogens with zero attached hydrogens (tertiary/aromatic N) is 2. The summed E-state index contributed by atoms with van der Waals surface area (Å²) in [5.41, 5.74) is 1.52. The summed E-state index contributed by atoms with van der Waals surface area (Å²) in [4.78, 5) is 6.82. The maximum Gasteiger partial charge on any atom is 0.0416 e. The molecule has 3 heteroatoms. The predicted octanol–water partition coefficient (Wildman–Crippen LogP) is 2.97. The number of aromatic nitrogens is 1. The molecule has 114 valence electrons. The Balaban J connectivity index is 2.40. The Labute approximate surface area is 124 Å². The summed E-state index contributed by atoms with van der Waals surface area (Å²) in [5.74, 6) is 0. The molecule has 20 heavy (non-hydrogen) atoms. The van der Waals surface area contributed by atoms with Gasteiger partial charge < -0.3 is 10.2 Å². The molecule has 1 heterocycles. The van der Waals surface area contributed by atoms with Gasteiger partial charge in [0.15, 0.2) is 0 Å². The quantitative estimate of drug-likeness (QED) is 0.752. The monoisotopic (exact) mass is 277 g/mol. The van der Waals surface area contributed by atoms with Crippen molar-refractivity contribution >= 4 is 0 Å². The summed E-state index contributed by atoms with van der Waals surface area (Å²) in [5, 5.41) is 3.58. The van der Waals surface area contributed by atoms with E-state index in [2.05, 4.69) is 62.1 Å². The zero-order valence-electron chi connectivity index (χ0n) is 13.8. The van der Waals surface area contributed by atoms with Crippen LogP contribution in [0.3, 0.4) is 0 Å². The Morgan fingerprint density at radius 2 is 2.10 bits per heavy atom. The largest absolute Gasteiger partial charge is 0.314 e. The number of likely N-dealkylation sites (N-methyl/N-ethyl adjacent to an activating group) is 1. The number of hydrogen-bond donors (Lipinski definition) is 1. The van der Waals surface area contributed by atoms with Gasteiger partial charge in [-0.3, -0.25) is 4.98 Å². The lowest BCUT2D eigenvalue weighted by molar-refractivity contribution is 0.178. The third-order valence-electron chi connectivity index (χ3n) is 3.92. The van der Waals surface area contributed by atoms with Crippen LogP contribution < -0.4 is 5.32 Å². The molecule has 1 aromatic heterocycles. The minimum Gasteiger partial charge on any atom is -0.314 e. The van der Waals surface area contributed by atoms with Crippen LogP contribution in [-0.2, 0) is 6.42 Å². The van der Waals surface area contributed by atoms with Crippen molar-refractivity contribution in [2.45, 2.75) is 46.6 Å². The molecule has 0 spiro atoms. The normalized spacial score (nSPS) is 14.8. The zero-order chi connectivity index (χ0) is 15.0. The Morgan fingerprint density at radius 3 is 2.65 bits per heavy atom. The molecule has 0 fully saturated rings. The van der Waals surface area contributed by atoms with Gasteiger partial charge in [-0.1, -0.05) is 33.8 Å². The third kappa shape index (κ3) is 6.49. The summed E-state index contributed by atoms with van der Waals surface area (Å²) in [7, 11) is 2.21. The molecule has 0 amide bonds. The molecule has 1 rings (SSSR count). The van der Waals surface area contributed by atoms with Crippen molar-refractivity contribution in [1.29, 1.82) is 0 Å². The van der Waals surface area contributed by atoms with Gasteiger partial charge in [0.05, 0.1) is 0 Å². The van der Waals surface area contributed by atoms with E-state index in [1.807, 2.05) is 12.3 Å². The van der Waals surface area contributed by atoms with E-state index in [0.717, 1.165) is 26.1 Å². The minimum atomic E-state index is 0.336. The van der Waals surface area contributed by atoms with Crippen molar-refractivity contribution in [3.8, 4) is 0 Å². The lowest BCUT2D eigenvalue weighted by Crippen LogP contribution is -2.43. The van der Waals surface area contributed by atoms with E-state index in [0.29, 0.717) is 11.5 Å². The fourth-order valence-corrected chi connectivity index (χ4v) is 2.33. The molecule has 3 nitrogen and oxygen atoms in total. The van der Waals surface area contributed by atoms with Gasteiger partial charge in [0.1, 0.15) is 0 Å². The lowest BCUT2D eigenvalue weighted by atomic mass is 9.86. The van der Waals surface area contributed by atoms with Crippen LogP contribution in [0.4, 0.5) is 0 Å². The molecule has 1 atom stereocenters. The summed E-state index contributed by atoms with van der Waals surface area (Å²) in [6, 6.07) is 6.69. The maximum absolute atomic E-state index is 4.39. The average molecular weight is 277 g/mol. The SMILES string of the molecule is CCC(C)(CNC(C)C)CN(C)CCc1ccccn1. The van der Waals surface area contributed by atoms with Crippen LogP contribution in [-0.4, -0.2) is 42.6 Å². The van der Waals surface area contributed by atoms with Crippen LogP contribution in [0, 0.1) is 5.41 Å². The number of rotatable bonds is 9. The predicted molar refractivity (Wildman–Crippen MR) is 87.0 cm³/mol. The Morgan fingerprint density at radius 1 is 1.35 bits per heavy atom. The molecular formula is C17H31N3. The summed E-state index contributed by atoms with van der Waals surface area (Å²) in [6.07, 6.45) is 4.09. The van der Waals surface area contributed by atoms with Crippen LogP contribution in [0.1, 0.15) is 39.8 Å². The van der Waals surface area contributed by atoms with Crippen LogP contribution >= 0.6 is 0 Å². The molecule has 0 aliphatic carbocycles. The van der Waals surface area contributed by atoms with Crippen molar-refractivity contribution in [3.63, 3.8) is 0 Å². The highest BCUT2D eigenvalue weighted by molar-refractivity contribution is 5.03. The first-order valence-electron chi connectivity index (χ1n) is 7.77. The van der Waals surface area contributed by atoms with Gasteiger partial charge in [0.2, 0.25) is 0 Å². The van der Waals surface area contributed by atoms with E-state index in [4.69, 9.17) is 0 Å². The highest BCUT2D eigenvalue weighted by Gasteiger charge is 2.23. The van der Waals surface area contributed by atoms with Gasteiger partial charge >= 0.3 is 0 Å². The van der Waals surface area contributed by atoms with Crippen molar-refractivity contribution in [2.75, 3.05) is 26.7 Å². The van der Waals surface area contributed by atoms with Crippen LogP contribution in [0.5, 0.6) is 0 Å². The lowest BCUT2D eigenvalue weighted by Gasteiger charge is -2.34. The second-order valence-corrected chi connectivity index (χ2v) is 6.51. The molecule has 0 saturated carbocycles. The van der Waals surface area contributed by atoms with Gasteiger partial charge in [-0.2, -0.15) is 0 Å². The molecule has 0 saturated heterocycles. The van der Waals surface area contributed by atoms with Crippen LogP contribution in [0.15, 0.2) is 24.4 Å². The van der Waals surface area contributed by atoms with Gasteiger partial charge in [0, 0.05) is 44.0 Å². The van der Waals surface area contributed by atoms with E-state index in [1.165, 1.54) is 12.1 Å². The fourth-order valence-electron chi connectivity index (χ4n) is 2.33. The van der Waals surface area contributed by atoms with Crippen molar-refractivity contribution in [3.05, 3.63) is 30.1 Å². The zero-order valence-corrected chi connectivity index (χ0v) is 13.8. The Kier molecular flexibility index (Phi) is 7.17. The van der Waals surface area contributed by atoms with Crippen molar-refractivity contribution in [2.24, 2.45) is 5.41 Å². The molecular weight excluding hydrogens is 246 g/mol. The first kappa shape index (κ1) is 17.1. The standard InChI is InChI=1S/C17H31N3/c1-6-17(4,13-19-15(2)3)14-20(5)12-10-16-9-7-8-11-18-16/h7-9,11,15,19H,6,10,12-14H2,1-5H3.